The summed E-state index contributed by atoms with van der Waals surface area (Å²) < 4.78 is 5.25. The first-order valence-electron chi connectivity index (χ1n) is 8.76. The highest BCUT2D eigenvalue weighted by Crippen LogP contribution is 2.52. The van der Waals surface area contributed by atoms with Gasteiger partial charge in [-0.15, -0.1) is 0 Å². The van der Waals surface area contributed by atoms with Gasteiger partial charge in [0.1, 0.15) is 0 Å². The fraction of sp³-hybridized carbons (Fsp3) is 0.368. The molecule has 1 saturated carbocycles. The van der Waals surface area contributed by atoms with Crippen molar-refractivity contribution in [3.8, 4) is 5.75 Å². The van der Waals surface area contributed by atoms with Crippen LogP contribution >= 0.6 is 23.2 Å². The molecule has 1 aliphatic heterocycles. The fourth-order valence-corrected chi connectivity index (χ4v) is 4.71. The normalized spacial score (nSPS) is 29.0. The monoisotopic (exact) mass is 422 g/mol. The molecule has 1 heterocycles. The lowest BCUT2D eigenvalue weighted by Gasteiger charge is -2.14. The van der Waals surface area contributed by atoms with Crippen LogP contribution in [0.4, 0.5) is 0 Å². The van der Waals surface area contributed by atoms with Crippen molar-refractivity contribution < 1.29 is 24.2 Å². The number of carbonyl (C=O) groups excluding carboxylic acids is 2. The van der Waals surface area contributed by atoms with Crippen molar-refractivity contribution in [2.24, 2.45) is 28.8 Å². The number of ether oxygens (including phenoxy) is 1. The molecule has 9 heteroatoms. The van der Waals surface area contributed by atoms with Crippen LogP contribution in [0.5, 0.6) is 5.75 Å². The van der Waals surface area contributed by atoms with Gasteiger partial charge in [-0.25, -0.2) is 4.79 Å². The lowest BCUT2D eigenvalue weighted by atomic mass is 9.85. The van der Waals surface area contributed by atoms with Crippen molar-refractivity contribution in [3.05, 3.63) is 39.9 Å². The van der Waals surface area contributed by atoms with Crippen LogP contribution in [0.2, 0.25) is 10.0 Å². The van der Waals surface area contributed by atoms with Crippen LogP contribution in [-0.2, 0) is 14.4 Å². The van der Waals surface area contributed by atoms with Crippen molar-refractivity contribution in [1.82, 2.24) is 5.01 Å². The standard InChI is InChI=1S/C19H16Cl2N2O5/c1-8(19(26)27)28-16-12(20)4-9(5-13(16)21)7-22-23-17(24)14-10-2-3-11(6-10)15(14)18(23)25/h2-5,7-8,10-11,14-15H,6H2,1H3,(H,26,27)/t8-,10-,11-,14-,15+/m0/s1. The number of amides is 2. The van der Waals surface area contributed by atoms with E-state index in [1.165, 1.54) is 25.3 Å². The molecule has 2 aliphatic carbocycles. The minimum absolute atomic E-state index is 0.0425. The lowest BCUT2D eigenvalue weighted by molar-refractivity contribution is -0.144. The molecule has 0 radical (unpaired) electrons. The van der Waals surface area contributed by atoms with Crippen LogP contribution in [-0.4, -0.2) is 40.2 Å². The third-order valence-corrected chi connectivity index (χ3v) is 5.99. The Morgan fingerprint density at radius 2 is 1.75 bits per heavy atom. The molecule has 3 aliphatic rings. The van der Waals surface area contributed by atoms with E-state index in [1.807, 2.05) is 12.2 Å². The smallest absolute Gasteiger partial charge is 0.344 e. The van der Waals surface area contributed by atoms with Crippen LogP contribution in [0.1, 0.15) is 18.9 Å². The van der Waals surface area contributed by atoms with Gasteiger partial charge in [-0.2, -0.15) is 10.1 Å². The molecule has 0 aromatic heterocycles. The van der Waals surface area contributed by atoms with Crippen LogP contribution in [0.25, 0.3) is 0 Å². The van der Waals surface area contributed by atoms with Gasteiger partial charge < -0.3 is 9.84 Å². The van der Waals surface area contributed by atoms with Gasteiger partial charge in [0.25, 0.3) is 11.8 Å². The summed E-state index contributed by atoms with van der Waals surface area (Å²) in [6, 6.07) is 2.94. The molecule has 2 amide bonds. The molecule has 28 heavy (non-hydrogen) atoms. The van der Waals surface area contributed by atoms with Gasteiger partial charge >= 0.3 is 5.97 Å². The van der Waals surface area contributed by atoms with Gasteiger partial charge in [-0.05, 0) is 42.9 Å². The number of carboxylic acid groups (broad SMARTS) is 1. The van der Waals surface area contributed by atoms with Crippen molar-refractivity contribution in [3.63, 3.8) is 0 Å². The van der Waals surface area contributed by atoms with Crippen LogP contribution in [0, 0.1) is 23.7 Å². The molecule has 1 saturated heterocycles. The Kier molecular flexibility index (Phi) is 4.67. The number of aliphatic carboxylic acids is 1. The highest BCUT2D eigenvalue weighted by Gasteiger charge is 2.59. The summed E-state index contributed by atoms with van der Waals surface area (Å²) in [6.07, 6.45) is 5.08. The first-order chi connectivity index (χ1) is 13.3. The first-order valence-corrected chi connectivity index (χ1v) is 9.52. The molecule has 1 N–H and O–H groups in total. The summed E-state index contributed by atoms with van der Waals surface area (Å²) in [5, 5.41) is 14.1. The van der Waals surface area contributed by atoms with Crippen molar-refractivity contribution >= 4 is 47.2 Å². The van der Waals surface area contributed by atoms with E-state index < -0.39 is 12.1 Å². The summed E-state index contributed by atoms with van der Waals surface area (Å²) in [6.45, 7) is 1.35. The number of hydrogen-bond acceptors (Lipinski definition) is 5. The minimum Gasteiger partial charge on any atom is -0.479 e. The zero-order valence-corrected chi connectivity index (χ0v) is 16.2. The molecule has 146 valence electrons. The maximum atomic E-state index is 12.6. The van der Waals surface area contributed by atoms with E-state index in [0.717, 1.165) is 11.4 Å². The predicted octanol–water partition coefficient (Wildman–Crippen LogP) is 2.99. The Morgan fingerprint density at radius 3 is 2.25 bits per heavy atom. The molecule has 1 aromatic rings. The van der Waals surface area contributed by atoms with E-state index in [1.54, 1.807) is 0 Å². The number of allylic oxidation sites excluding steroid dienone is 2. The van der Waals surface area contributed by atoms with Crippen LogP contribution in [0.15, 0.2) is 29.4 Å². The highest BCUT2D eigenvalue weighted by molar-refractivity contribution is 6.37. The van der Waals surface area contributed by atoms with Gasteiger partial charge in [0.2, 0.25) is 0 Å². The van der Waals surface area contributed by atoms with E-state index in [0.29, 0.717) is 5.56 Å². The third-order valence-electron chi connectivity index (χ3n) is 5.43. The number of benzene rings is 1. The Labute approximate surface area is 170 Å². The largest absolute Gasteiger partial charge is 0.479 e. The number of nitrogens with zero attached hydrogens (tertiary/aromatic N) is 2. The molecular formula is C19H16Cl2N2O5. The van der Waals surface area contributed by atoms with Gasteiger partial charge in [-0.3, -0.25) is 9.59 Å². The maximum Gasteiger partial charge on any atom is 0.344 e. The Bertz CT molecular complexity index is 891. The Morgan fingerprint density at radius 1 is 1.21 bits per heavy atom. The summed E-state index contributed by atoms with van der Waals surface area (Å²) in [4.78, 5) is 36.2. The Balaban J connectivity index is 1.53. The zero-order chi connectivity index (χ0) is 20.2. The second-order valence-electron chi connectivity index (χ2n) is 7.14. The van der Waals surface area contributed by atoms with E-state index in [9.17, 15) is 14.4 Å². The number of carbonyl (C=O) groups is 3. The van der Waals surface area contributed by atoms with Gasteiger partial charge in [0.15, 0.2) is 11.9 Å². The number of hydrogen-bond donors (Lipinski definition) is 1. The topological polar surface area (TPSA) is 96.3 Å². The van der Waals surface area contributed by atoms with E-state index >= 15 is 0 Å². The Hall–Kier alpha value is -2.38. The van der Waals surface area contributed by atoms with Gasteiger partial charge in [0, 0.05) is 0 Å². The molecule has 2 fully saturated rings. The minimum atomic E-state index is -1.15. The van der Waals surface area contributed by atoms with Gasteiger partial charge in [0.05, 0.1) is 28.1 Å². The summed E-state index contributed by atoms with van der Waals surface area (Å²) >= 11 is 12.3. The van der Waals surface area contributed by atoms with E-state index in [-0.39, 0.29) is 51.3 Å². The maximum absolute atomic E-state index is 12.6. The molecule has 0 unspecified atom stereocenters. The number of halogens is 2. The number of rotatable bonds is 5. The molecule has 7 nitrogen and oxygen atoms in total. The van der Waals surface area contributed by atoms with Crippen LogP contribution in [0.3, 0.4) is 0 Å². The molecule has 4 rings (SSSR count). The zero-order valence-electron chi connectivity index (χ0n) is 14.7. The summed E-state index contributed by atoms with van der Waals surface area (Å²) in [5.41, 5.74) is 0.448. The number of fused-ring (bicyclic) bond motifs is 5. The van der Waals surface area contributed by atoms with Crippen LogP contribution < -0.4 is 4.74 Å². The van der Waals surface area contributed by atoms with Crippen molar-refractivity contribution in [2.75, 3.05) is 0 Å². The molecule has 0 spiro atoms. The highest BCUT2D eigenvalue weighted by atomic mass is 35.5. The molecule has 2 bridgehead atoms. The average molecular weight is 423 g/mol. The SMILES string of the molecule is C[C@H](Oc1c(Cl)cc(C=NN2C(=O)[C@@H]3[C@H](C2=O)[C@H]2C=C[C@H]3C2)cc1Cl)C(=O)O. The molecule has 5 atom stereocenters. The van der Waals surface area contributed by atoms with E-state index in [4.69, 9.17) is 33.0 Å². The lowest BCUT2D eigenvalue weighted by Crippen LogP contribution is -2.28. The number of hydrazone groups is 1. The molecule has 1 aromatic carbocycles. The number of carboxylic acids is 1. The molecular weight excluding hydrogens is 407 g/mol. The van der Waals surface area contributed by atoms with Crippen molar-refractivity contribution in [2.45, 2.75) is 19.4 Å². The van der Waals surface area contributed by atoms with Crippen molar-refractivity contribution in [1.29, 1.82) is 0 Å². The summed E-state index contributed by atoms with van der Waals surface area (Å²) in [7, 11) is 0. The quantitative estimate of drug-likeness (QED) is 0.446. The third kappa shape index (κ3) is 2.99. The van der Waals surface area contributed by atoms with E-state index in [2.05, 4.69) is 5.10 Å². The number of imide groups is 1. The second kappa shape index (κ2) is 6.90. The van der Waals surface area contributed by atoms with Gasteiger partial charge in [-0.1, -0.05) is 35.4 Å². The summed E-state index contributed by atoms with van der Waals surface area (Å²) in [5.74, 6) is -2.09. The second-order valence-corrected chi connectivity index (χ2v) is 7.96. The fourth-order valence-electron chi connectivity index (χ4n) is 4.12. The first kappa shape index (κ1) is 19.0. The predicted molar refractivity (Wildman–Crippen MR) is 101 cm³/mol. The average Bonchev–Trinajstić information content (AvgIpc) is 3.31.